The number of epoxide rings is 2. The molecule has 2 aliphatic heterocycles. The van der Waals surface area contributed by atoms with E-state index in [0.717, 1.165) is 31.2 Å². The van der Waals surface area contributed by atoms with Crippen molar-refractivity contribution in [2.75, 3.05) is 26.4 Å². The van der Waals surface area contributed by atoms with Crippen LogP contribution in [-0.4, -0.2) is 48.6 Å². The summed E-state index contributed by atoms with van der Waals surface area (Å²) in [4.78, 5) is 0. The molecule has 0 spiro atoms. The number of pyridine rings is 1. The minimum atomic E-state index is 0. The van der Waals surface area contributed by atoms with Gasteiger partial charge in [0.1, 0.15) is 16.8 Å². The molecule has 0 bridgehead atoms. The third-order valence-corrected chi connectivity index (χ3v) is 2.54. The zero-order valence-electron chi connectivity index (χ0n) is 10.0. The van der Waals surface area contributed by atoms with Crippen molar-refractivity contribution < 1.29 is 38.9 Å². The molecule has 1 aromatic rings. The maximum absolute atomic E-state index is 8.73. The summed E-state index contributed by atoms with van der Waals surface area (Å²) < 4.78 is 16.4. The van der Waals surface area contributed by atoms with Crippen molar-refractivity contribution in [2.24, 2.45) is 0 Å². The summed E-state index contributed by atoms with van der Waals surface area (Å²) in [6.07, 6.45) is 2.27. The fourth-order valence-electron chi connectivity index (χ4n) is 1.08. The van der Waals surface area contributed by atoms with Gasteiger partial charge in [-0.1, -0.05) is 18.3 Å². The van der Waals surface area contributed by atoms with Gasteiger partial charge < -0.3 is 19.4 Å². The van der Waals surface area contributed by atoms with E-state index in [9.17, 15) is 0 Å². The van der Waals surface area contributed by atoms with Crippen LogP contribution in [0.5, 0.6) is 0 Å². The first-order valence-electron chi connectivity index (χ1n) is 5.43. The Hall–Kier alpha value is -0.327. The van der Waals surface area contributed by atoms with E-state index in [-0.39, 0.29) is 19.5 Å². The van der Waals surface area contributed by atoms with Crippen LogP contribution in [0.4, 0.5) is 0 Å². The molecule has 7 heteroatoms. The Labute approximate surface area is 123 Å². The predicted octanol–water partition coefficient (Wildman–Crippen LogP) is 1.25. The first-order valence-corrected chi connectivity index (χ1v) is 5.84. The largest absolute Gasteiger partial charge is 0.428 e. The molecule has 2 unspecified atom stereocenters. The van der Waals surface area contributed by atoms with Crippen LogP contribution in [-0.2, 0) is 33.7 Å². The molecule has 18 heavy (non-hydrogen) atoms. The molecule has 1 N–H and O–H groups in total. The first kappa shape index (κ1) is 15.7. The average molecular weight is 323 g/mol. The van der Waals surface area contributed by atoms with Gasteiger partial charge in [0.2, 0.25) is 0 Å². The molecular formula is C11H15NO4SZn. The van der Waals surface area contributed by atoms with Crippen LogP contribution in [0.2, 0.25) is 0 Å². The zero-order chi connectivity index (χ0) is 12.1. The van der Waals surface area contributed by atoms with E-state index in [1.54, 1.807) is 18.2 Å². The Morgan fingerprint density at radius 3 is 2.17 bits per heavy atom. The molecule has 0 amide bonds. The molecule has 96 valence electrons. The number of nitrogens with zero attached hydrogens (tertiary/aromatic N) is 1. The summed E-state index contributed by atoms with van der Waals surface area (Å²) >= 11 is 4.67. The van der Waals surface area contributed by atoms with Gasteiger partial charge in [0.05, 0.1) is 26.4 Å². The monoisotopic (exact) mass is 321 g/mol. The molecule has 0 radical (unpaired) electrons. The summed E-state index contributed by atoms with van der Waals surface area (Å²) in [6.45, 7) is 3.26. The minimum Gasteiger partial charge on any atom is -0.428 e. The Balaban J connectivity index is 0.000000172. The smallest absolute Gasteiger partial charge is 0.142 e. The van der Waals surface area contributed by atoms with E-state index in [4.69, 9.17) is 19.4 Å². The van der Waals surface area contributed by atoms with Crippen LogP contribution in [0, 0.1) is 4.64 Å². The number of rotatable bonds is 4. The van der Waals surface area contributed by atoms with Crippen molar-refractivity contribution in [3.05, 3.63) is 29.0 Å². The summed E-state index contributed by atoms with van der Waals surface area (Å²) in [6, 6.07) is 5.13. The Kier molecular flexibility index (Phi) is 6.96. The van der Waals surface area contributed by atoms with Gasteiger partial charge in [0, 0.05) is 25.7 Å². The van der Waals surface area contributed by atoms with Gasteiger partial charge in [-0.3, -0.25) is 0 Å². The van der Waals surface area contributed by atoms with Crippen molar-refractivity contribution in [1.82, 2.24) is 4.73 Å². The minimum absolute atomic E-state index is 0. The molecule has 3 rings (SSSR count). The van der Waals surface area contributed by atoms with Crippen LogP contribution in [0.1, 0.15) is 0 Å². The second kappa shape index (κ2) is 7.97. The number of ether oxygens (including phenoxy) is 3. The van der Waals surface area contributed by atoms with E-state index in [1.165, 1.54) is 6.20 Å². The normalized spacial score (nSPS) is 23.3. The van der Waals surface area contributed by atoms with Crippen LogP contribution in [0.15, 0.2) is 24.4 Å². The molecule has 2 aliphatic rings. The number of hydrogen-bond acceptors (Lipinski definition) is 5. The fourth-order valence-corrected chi connectivity index (χ4v) is 1.22. The Bertz CT molecular complexity index is 394. The van der Waals surface area contributed by atoms with Gasteiger partial charge in [-0.15, -0.1) is 0 Å². The maximum Gasteiger partial charge on any atom is 0.142 e. The van der Waals surface area contributed by atoms with E-state index in [1.807, 2.05) is 0 Å². The van der Waals surface area contributed by atoms with Gasteiger partial charge in [-0.25, -0.2) is 0 Å². The third kappa shape index (κ3) is 6.56. The Morgan fingerprint density at radius 2 is 1.83 bits per heavy atom. The summed E-state index contributed by atoms with van der Waals surface area (Å²) in [5.41, 5.74) is 0. The van der Waals surface area contributed by atoms with Gasteiger partial charge in [-0.2, -0.15) is 4.73 Å². The van der Waals surface area contributed by atoms with Crippen molar-refractivity contribution in [1.29, 1.82) is 0 Å². The second-order valence-electron chi connectivity index (χ2n) is 3.83. The summed E-state index contributed by atoms with van der Waals surface area (Å²) in [5, 5.41) is 8.73. The van der Waals surface area contributed by atoms with Crippen molar-refractivity contribution >= 4 is 12.2 Å². The first-order chi connectivity index (χ1) is 8.25. The average Bonchev–Trinajstić information content (AvgIpc) is 3.16. The van der Waals surface area contributed by atoms with Crippen molar-refractivity contribution in [3.8, 4) is 0 Å². The van der Waals surface area contributed by atoms with Gasteiger partial charge in [0.25, 0.3) is 0 Å². The fraction of sp³-hybridized carbons (Fsp3) is 0.545. The Morgan fingerprint density at radius 1 is 1.28 bits per heavy atom. The third-order valence-electron chi connectivity index (χ3n) is 2.22. The molecule has 0 aliphatic carbocycles. The van der Waals surface area contributed by atoms with Crippen LogP contribution >= 0.6 is 12.2 Å². The molecule has 1 aromatic heterocycles. The van der Waals surface area contributed by atoms with Crippen molar-refractivity contribution in [2.45, 2.75) is 12.2 Å². The van der Waals surface area contributed by atoms with E-state index in [2.05, 4.69) is 12.2 Å². The number of aromatic nitrogens is 1. The summed E-state index contributed by atoms with van der Waals surface area (Å²) in [7, 11) is 0. The predicted molar refractivity (Wildman–Crippen MR) is 62.7 cm³/mol. The number of hydrogen-bond donors (Lipinski definition) is 1. The molecule has 0 saturated carbocycles. The molecule has 2 fully saturated rings. The summed E-state index contributed by atoms with van der Waals surface area (Å²) in [5.74, 6) is 0. The van der Waals surface area contributed by atoms with E-state index < -0.39 is 0 Å². The van der Waals surface area contributed by atoms with Crippen LogP contribution in [0.3, 0.4) is 0 Å². The second-order valence-corrected chi connectivity index (χ2v) is 4.25. The molecule has 2 saturated heterocycles. The van der Waals surface area contributed by atoms with Gasteiger partial charge in [-0.05, 0) is 12.1 Å². The maximum atomic E-state index is 8.73. The van der Waals surface area contributed by atoms with Gasteiger partial charge in [0.15, 0.2) is 0 Å². The van der Waals surface area contributed by atoms with Crippen molar-refractivity contribution in [3.63, 3.8) is 0 Å². The zero-order valence-corrected chi connectivity index (χ0v) is 13.8. The quantitative estimate of drug-likeness (QED) is 0.391. The van der Waals surface area contributed by atoms with E-state index in [0.29, 0.717) is 16.8 Å². The molecular weight excluding hydrogens is 308 g/mol. The molecule has 2 atom stereocenters. The molecule has 0 aromatic carbocycles. The van der Waals surface area contributed by atoms with Crippen LogP contribution < -0.4 is 0 Å². The van der Waals surface area contributed by atoms with Gasteiger partial charge >= 0.3 is 0 Å². The SMILES string of the molecule is C(OCC1CO1)C1CO1.On1ccccc1=S.[Zn]. The topological polar surface area (TPSA) is 59.4 Å². The van der Waals surface area contributed by atoms with E-state index >= 15 is 0 Å². The standard InChI is InChI=1S/C6H10O3.C5H5NOS.Zn/c1(5-3-8-5)7-2-6-4-9-6;7-6-4-2-1-3-5(6)8;/h5-6H,1-4H2;1-4,7H;. The van der Waals surface area contributed by atoms with Crippen LogP contribution in [0.25, 0.3) is 0 Å². The molecule has 3 heterocycles. The molecule has 5 nitrogen and oxygen atoms in total.